The third-order valence-corrected chi connectivity index (χ3v) is 4.69. The van der Waals surface area contributed by atoms with E-state index in [1.54, 1.807) is 11.9 Å². The monoisotopic (exact) mass is 444 g/mol. The summed E-state index contributed by atoms with van der Waals surface area (Å²) in [4.78, 5) is 29.9. The van der Waals surface area contributed by atoms with Crippen molar-refractivity contribution in [1.29, 1.82) is 0 Å². The molecule has 3 rings (SSSR count). The van der Waals surface area contributed by atoms with Crippen LogP contribution in [0.5, 0.6) is 0 Å². The van der Waals surface area contributed by atoms with E-state index in [1.165, 1.54) is 42.6 Å². The number of pyridine rings is 1. The fourth-order valence-electron chi connectivity index (χ4n) is 3.12. The third kappa shape index (κ3) is 5.60. The average molecular weight is 444 g/mol. The Morgan fingerprint density at radius 2 is 1.69 bits per heavy atom. The number of hydrogen-bond acceptors (Lipinski definition) is 5. The molecule has 3 aromatic rings. The molecule has 1 amide bonds. The van der Waals surface area contributed by atoms with E-state index in [1.807, 2.05) is 30.3 Å². The Morgan fingerprint density at radius 1 is 1.03 bits per heavy atom. The summed E-state index contributed by atoms with van der Waals surface area (Å²) in [5.74, 6) is -0.435. The number of anilines is 2. The molecule has 0 atom stereocenters. The van der Waals surface area contributed by atoms with Crippen molar-refractivity contribution in [2.24, 2.45) is 0 Å². The Bertz CT molecular complexity index is 1090. The van der Waals surface area contributed by atoms with Gasteiger partial charge in [0.05, 0.1) is 17.0 Å². The third-order valence-electron chi connectivity index (χ3n) is 4.69. The second kappa shape index (κ2) is 9.46. The maximum atomic E-state index is 13.2. The van der Waals surface area contributed by atoms with Gasteiger partial charge in [0.1, 0.15) is 12.4 Å². The van der Waals surface area contributed by atoms with Gasteiger partial charge < -0.3 is 9.80 Å². The second-order valence-corrected chi connectivity index (χ2v) is 6.96. The highest BCUT2D eigenvalue weighted by Crippen LogP contribution is 2.25. The van der Waals surface area contributed by atoms with Crippen LogP contribution in [0.15, 0.2) is 72.9 Å². The van der Waals surface area contributed by atoms with Gasteiger partial charge in [-0.25, -0.2) is 4.98 Å². The Kier molecular flexibility index (Phi) is 6.72. The fraction of sp³-hybridized carbons (Fsp3) is 0.182. The largest absolute Gasteiger partial charge is 0.406 e. The van der Waals surface area contributed by atoms with Gasteiger partial charge in [-0.2, -0.15) is 13.2 Å². The van der Waals surface area contributed by atoms with Crippen LogP contribution in [0.1, 0.15) is 15.9 Å². The van der Waals surface area contributed by atoms with Gasteiger partial charge in [-0.05, 0) is 24.3 Å². The first-order valence-electron chi connectivity index (χ1n) is 9.49. The lowest BCUT2D eigenvalue weighted by atomic mass is 10.1. The number of aromatic nitrogens is 1. The number of nitro benzene ring substituents is 1. The number of rotatable bonds is 7. The Hall–Kier alpha value is -3.95. The van der Waals surface area contributed by atoms with Crippen molar-refractivity contribution in [2.45, 2.75) is 12.7 Å². The molecular weight excluding hydrogens is 425 g/mol. The first-order chi connectivity index (χ1) is 15.2. The van der Waals surface area contributed by atoms with Crippen molar-refractivity contribution in [1.82, 2.24) is 9.88 Å². The Labute approximate surface area is 181 Å². The van der Waals surface area contributed by atoms with Crippen LogP contribution in [-0.2, 0) is 6.54 Å². The molecule has 1 aromatic heterocycles. The van der Waals surface area contributed by atoms with Gasteiger partial charge in [0, 0.05) is 30.6 Å². The minimum atomic E-state index is -4.68. The Morgan fingerprint density at radius 3 is 2.28 bits per heavy atom. The van der Waals surface area contributed by atoms with E-state index >= 15 is 0 Å². The lowest BCUT2D eigenvalue weighted by Gasteiger charge is -2.24. The van der Waals surface area contributed by atoms with E-state index in [0.717, 1.165) is 5.69 Å². The maximum absolute atomic E-state index is 13.2. The van der Waals surface area contributed by atoms with Crippen LogP contribution >= 0.6 is 0 Å². The Balaban J connectivity index is 1.86. The molecule has 10 heteroatoms. The van der Waals surface area contributed by atoms with E-state index in [-0.39, 0.29) is 16.8 Å². The zero-order chi connectivity index (χ0) is 23.3. The SMILES string of the molecule is CN(c1ccccc1)c1ccc(C(=O)N(Cc2ccccc2[N+](=O)[O-])CC(F)(F)F)cn1. The summed E-state index contributed by atoms with van der Waals surface area (Å²) in [7, 11) is 1.77. The molecule has 32 heavy (non-hydrogen) atoms. The van der Waals surface area contributed by atoms with E-state index < -0.39 is 30.1 Å². The number of nitrogens with zero attached hydrogens (tertiary/aromatic N) is 4. The molecule has 0 saturated heterocycles. The zero-order valence-electron chi connectivity index (χ0n) is 17.0. The summed E-state index contributed by atoms with van der Waals surface area (Å²) < 4.78 is 39.5. The van der Waals surface area contributed by atoms with Crippen molar-refractivity contribution in [3.8, 4) is 0 Å². The minimum absolute atomic E-state index is 0.00323. The van der Waals surface area contributed by atoms with E-state index in [0.29, 0.717) is 10.7 Å². The molecule has 2 aromatic carbocycles. The van der Waals surface area contributed by atoms with Crippen molar-refractivity contribution < 1.29 is 22.9 Å². The van der Waals surface area contributed by atoms with Gasteiger partial charge >= 0.3 is 6.18 Å². The summed E-state index contributed by atoms with van der Waals surface area (Å²) in [5, 5.41) is 11.2. The van der Waals surface area contributed by atoms with Gasteiger partial charge in [0.2, 0.25) is 0 Å². The standard InChI is InChI=1S/C22H19F3N4O3/c1-27(18-8-3-2-4-9-18)20-12-11-16(13-26-20)21(30)28(15-22(23,24)25)14-17-7-5-6-10-19(17)29(31)32/h2-13H,14-15H2,1H3. The normalized spacial score (nSPS) is 11.1. The minimum Gasteiger partial charge on any atom is -0.329 e. The van der Waals surface area contributed by atoms with E-state index in [9.17, 15) is 28.1 Å². The van der Waals surface area contributed by atoms with Crippen LogP contribution in [0.25, 0.3) is 0 Å². The van der Waals surface area contributed by atoms with Gasteiger partial charge in [0.25, 0.3) is 11.6 Å². The highest BCUT2D eigenvalue weighted by atomic mass is 19.4. The van der Waals surface area contributed by atoms with Crippen molar-refractivity contribution in [3.05, 3.63) is 94.2 Å². The number of nitro groups is 1. The molecule has 0 aliphatic heterocycles. The number of benzene rings is 2. The van der Waals surface area contributed by atoms with Crippen molar-refractivity contribution in [2.75, 3.05) is 18.5 Å². The highest BCUT2D eigenvalue weighted by Gasteiger charge is 2.34. The number of alkyl halides is 3. The van der Waals surface area contributed by atoms with Crippen molar-refractivity contribution >= 4 is 23.1 Å². The molecule has 0 N–H and O–H groups in total. The smallest absolute Gasteiger partial charge is 0.329 e. The summed E-state index contributed by atoms with van der Waals surface area (Å²) in [6.45, 7) is -2.12. The van der Waals surface area contributed by atoms with Crippen LogP contribution in [0.4, 0.5) is 30.4 Å². The number of halogens is 3. The second-order valence-electron chi connectivity index (χ2n) is 6.96. The molecule has 0 bridgehead atoms. The lowest BCUT2D eigenvalue weighted by Crippen LogP contribution is -2.38. The van der Waals surface area contributed by atoms with E-state index in [2.05, 4.69) is 4.98 Å². The summed E-state index contributed by atoms with van der Waals surface area (Å²) >= 11 is 0. The van der Waals surface area contributed by atoms with Gasteiger partial charge in [0.15, 0.2) is 0 Å². The number of hydrogen-bond donors (Lipinski definition) is 0. The average Bonchev–Trinajstić information content (AvgIpc) is 2.77. The molecule has 0 saturated carbocycles. The number of carbonyl (C=O) groups excluding carboxylic acids is 1. The number of carbonyl (C=O) groups is 1. The van der Waals surface area contributed by atoms with Gasteiger partial charge in [-0.3, -0.25) is 14.9 Å². The fourth-order valence-corrected chi connectivity index (χ4v) is 3.12. The molecule has 0 aliphatic rings. The molecule has 1 heterocycles. The predicted molar refractivity (Wildman–Crippen MR) is 113 cm³/mol. The first-order valence-corrected chi connectivity index (χ1v) is 9.49. The number of amides is 1. The first kappa shape index (κ1) is 22.7. The molecule has 166 valence electrons. The van der Waals surface area contributed by atoms with Crippen LogP contribution in [0.3, 0.4) is 0 Å². The van der Waals surface area contributed by atoms with Crippen molar-refractivity contribution in [3.63, 3.8) is 0 Å². The molecular formula is C22H19F3N4O3. The maximum Gasteiger partial charge on any atom is 0.406 e. The van der Waals surface area contributed by atoms with Gasteiger partial charge in [-0.15, -0.1) is 0 Å². The van der Waals surface area contributed by atoms with Crippen LogP contribution in [-0.4, -0.2) is 40.5 Å². The van der Waals surface area contributed by atoms with Crippen LogP contribution in [0.2, 0.25) is 0 Å². The molecule has 0 fully saturated rings. The van der Waals surface area contributed by atoms with Crippen LogP contribution < -0.4 is 4.90 Å². The molecule has 0 unspecified atom stereocenters. The topological polar surface area (TPSA) is 79.6 Å². The quantitative estimate of drug-likeness (QED) is 0.380. The van der Waals surface area contributed by atoms with Gasteiger partial charge in [-0.1, -0.05) is 36.4 Å². The molecule has 0 radical (unpaired) electrons. The summed E-state index contributed by atoms with van der Waals surface area (Å²) in [5.41, 5.74) is 0.432. The lowest BCUT2D eigenvalue weighted by molar-refractivity contribution is -0.385. The molecule has 7 nitrogen and oxygen atoms in total. The number of para-hydroxylation sites is 2. The summed E-state index contributed by atoms with van der Waals surface area (Å²) in [6, 6.07) is 17.6. The van der Waals surface area contributed by atoms with E-state index in [4.69, 9.17) is 0 Å². The highest BCUT2D eigenvalue weighted by molar-refractivity contribution is 5.94. The predicted octanol–water partition coefficient (Wildman–Crippen LogP) is 4.96. The molecule has 0 aliphatic carbocycles. The molecule has 0 spiro atoms. The zero-order valence-corrected chi connectivity index (χ0v) is 17.0. The van der Waals surface area contributed by atoms with Crippen LogP contribution in [0, 0.1) is 10.1 Å². The summed E-state index contributed by atoms with van der Waals surface area (Å²) in [6.07, 6.45) is -3.49.